The van der Waals surface area contributed by atoms with Crippen molar-refractivity contribution in [1.82, 2.24) is 4.90 Å². The third-order valence-corrected chi connectivity index (χ3v) is 4.33. The molecule has 0 spiro atoms. The van der Waals surface area contributed by atoms with E-state index < -0.39 is 0 Å². The Balaban J connectivity index is 2.01. The van der Waals surface area contributed by atoms with Gasteiger partial charge in [0, 0.05) is 17.1 Å². The predicted octanol–water partition coefficient (Wildman–Crippen LogP) is 2.70. The van der Waals surface area contributed by atoms with Gasteiger partial charge < -0.3 is 5.73 Å². The Kier molecular flexibility index (Phi) is 4.08. The van der Waals surface area contributed by atoms with Gasteiger partial charge in [0.05, 0.1) is 0 Å². The molecule has 0 aromatic heterocycles. The number of hydrogen-bond acceptors (Lipinski definition) is 2. The van der Waals surface area contributed by atoms with Crippen molar-refractivity contribution in [2.45, 2.75) is 31.2 Å². The van der Waals surface area contributed by atoms with E-state index in [2.05, 4.69) is 24.1 Å². The Morgan fingerprint density at radius 2 is 2.29 bits per heavy atom. The van der Waals surface area contributed by atoms with Gasteiger partial charge in [0.25, 0.3) is 0 Å². The molecule has 94 valence electrons. The van der Waals surface area contributed by atoms with E-state index in [-0.39, 0.29) is 5.54 Å². The zero-order valence-electron chi connectivity index (χ0n) is 10.5. The van der Waals surface area contributed by atoms with Crippen molar-refractivity contribution < 1.29 is 0 Å². The van der Waals surface area contributed by atoms with Crippen molar-refractivity contribution in [1.29, 1.82) is 0 Å². The number of aryl methyl sites for hydroxylation is 1. The fourth-order valence-electron chi connectivity index (χ4n) is 2.82. The van der Waals surface area contributed by atoms with Crippen LogP contribution in [0, 0.1) is 0 Å². The van der Waals surface area contributed by atoms with E-state index in [1.165, 1.54) is 24.9 Å². The molecule has 0 amide bonds. The van der Waals surface area contributed by atoms with Gasteiger partial charge in [0.1, 0.15) is 0 Å². The molecular weight excluding hydrogens is 232 g/mol. The maximum absolute atomic E-state index is 6.00. The third-order valence-electron chi connectivity index (χ3n) is 4.09. The van der Waals surface area contributed by atoms with Gasteiger partial charge in [-0.05, 0) is 57.0 Å². The fourth-order valence-corrected chi connectivity index (χ4v) is 3.03. The summed E-state index contributed by atoms with van der Waals surface area (Å²) in [5.74, 6) is 0. The first-order valence-electron chi connectivity index (χ1n) is 6.32. The van der Waals surface area contributed by atoms with Crippen LogP contribution < -0.4 is 5.73 Å². The molecule has 3 heteroatoms. The topological polar surface area (TPSA) is 29.3 Å². The normalized spacial score (nSPS) is 25.4. The van der Waals surface area contributed by atoms with Gasteiger partial charge in [-0.2, -0.15) is 0 Å². The molecule has 1 fully saturated rings. The Bertz CT molecular complexity index is 380. The van der Waals surface area contributed by atoms with Crippen molar-refractivity contribution in [2.75, 3.05) is 20.1 Å². The second-order valence-electron chi connectivity index (χ2n) is 5.08. The van der Waals surface area contributed by atoms with E-state index in [1.54, 1.807) is 0 Å². The standard InChI is InChI=1S/C14H21ClN2/c1-17-9-3-7-14(17,11-16)8-6-12-4-2-5-13(15)10-12/h2,4-5,10H,3,6-9,11,16H2,1H3. The van der Waals surface area contributed by atoms with Crippen LogP contribution in [0.25, 0.3) is 0 Å². The first-order chi connectivity index (χ1) is 8.16. The Morgan fingerprint density at radius 3 is 2.88 bits per heavy atom. The molecule has 1 atom stereocenters. The second-order valence-corrected chi connectivity index (χ2v) is 5.52. The van der Waals surface area contributed by atoms with E-state index in [1.807, 2.05) is 12.1 Å². The van der Waals surface area contributed by atoms with Crippen LogP contribution in [0.1, 0.15) is 24.8 Å². The van der Waals surface area contributed by atoms with E-state index in [4.69, 9.17) is 17.3 Å². The van der Waals surface area contributed by atoms with Gasteiger partial charge in [-0.3, -0.25) is 4.90 Å². The lowest BCUT2D eigenvalue weighted by Crippen LogP contribution is -2.47. The summed E-state index contributed by atoms with van der Waals surface area (Å²) >= 11 is 6.00. The average molecular weight is 253 g/mol. The quantitative estimate of drug-likeness (QED) is 0.893. The summed E-state index contributed by atoms with van der Waals surface area (Å²) in [6, 6.07) is 8.14. The highest BCUT2D eigenvalue weighted by molar-refractivity contribution is 6.30. The van der Waals surface area contributed by atoms with Crippen molar-refractivity contribution >= 4 is 11.6 Å². The van der Waals surface area contributed by atoms with Gasteiger partial charge in [-0.25, -0.2) is 0 Å². The largest absolute Gasteiger partial charge is 0.329 e. The van der Waals surface area contributed by atoms with Gasteiger partial charge in [0.2, 0.25) is 0 Å². The zero-order chi connectivity index (χ0) is 12.3. The van der Waals surface area contributed by atoms with Gasteiger partial charge >= 0.3 is 0 Å². The highest BCUT2D eigenvalue weighted by atomic mass is 35.5. The fraction of sp³-hybridized carbons (Fsp3) is 0.571. The molecule has 1 heterocycles. The number of hydrogen-bond donors (Lipinski definition) is 1. The van der Waals surface area contributed by atoms with E-state index in [0.717, 1.165) is 24.4 Å². The maximum atomic E-state index is 6.00. The number of rotatable bonds is 4. The van der Waals surface area contributed by atoms with Gasteiger partial charge in [-0.15, -0.1) is 0 Å². The molecule has 1 saturated heterocycles. The van der Waals surface area contributed by atoms with Crippen LogP contribution in [0.5, 0.6) is 0 Å². The second kappa shape index (κ2) is 5.38. The molecule has 1 aromatic carbocycles. The number of likely N-dealkylation sites (tertiary alicyclic amines) is 1. The number of nitrogens with two attached hydrogens (primary N) is 1. The van der Waals surface area contributed by atoms with Crippen LogP contribution in [0.2, 0.25) is 5.02 Å². The summed E-state index contributed by atoms with van der Waals surface area (Å²) in [5.41, 5.74) is 7.51. The SMILES string of the molecule is CN1CCCC1(CN)CCc1cccc(Cl)c1. The number of likely N-dealkylation sites (N-methyl/N-ethyl adjacent to an activating group) is 1. The summed E-state index contributed by atoms with van der Waals surface area (Å²) in [6.07, 6.45) is 4.67. The molecule has 2 nitrogen and oxygen atoms in total. The molecular formula is C14H21ClN2. The van der Waals surface area contributed by atoms with Crippen LogP contribution in [0.3, 0.4) is 0 Å². The maximum Gasteiger partial charge on any atom is 0.0408 e. The van der Waals surface area contributed by atoms with Crippen LogP contribution >= 0.6 is 11.6 Å². The lowest BCUT2D eigenvalue weighted by Gasteiger charge is -2.35. The van der Waals surface area contributed by atoms with Crippen LogP contribution in [-0.2, 0) is 6.42 Å². The highest BCUT2D eigenvalue weighted by Crippen LogP contribution is 2.31. The smallest absolute Gasteiger partial charge is 0.0408 e. The highest BCUT2D eigenvalue weighted by Gasteiger charge is 2.36. The summed E-state index contributed by atoms with van der Waals surface area (Å²) in [5, 5.41) is 0.823. The van der Waals surface area contributed by atoms with E-state index in [9.17, 15) is 0 Å². The molecule has 2 rings (SSSR count). The minimum atomic E-state index is 0.211. The molecule has 1 aromatic rings. The lowest BCUT2D eigenvalue weighted by molar-refractivity contribution is 0.169. The third kappa shape index (κ3) is 2.82. The monoisotopic (exact) mass is 252 g/mol. The summed E-state index contributed by atoms with van der Waals surface area (Å²) < 4.78 is 0. The first kappa shape index (κ1) is 12.9. The molecule has 0 bridgehead atoms. The average Bonchev–Trinajstić information content (AvgIpc) is 2.69. The van der Waals surface area contributed by atoms with Gasteiger partial charge in [-0.1, -0.05) is 23.7 Å². The Hall–Kier alpha value is -0.570. The molecule has 1 aliphatic heterocycles. The summed E-state index contributed by atoms with van der Waals surface area (Å²) in [7, 11) is 2.19. The van der Waals surface area contributed by atoms with Crippen molar-refractivity contribution in [3.8, 4) is 0 Å². The van der Waals surface area contributed by atoms with E-state index >= 15 is 0 Å². The van der Waals surface area contributed by atoms with Crippen LogP contribution in [0.15, 0.2) is 24.3 Å². The predicted molar refractivity (Wildman–Crippen MR) is 73.4 cm³/mol. The van der Waals surface area contributed by atoms with Crippen molar-refractivity contribution in [3.05, 3.63) is 34.9 Å². The number of halogens is 1. The minimum Gasteiger partial charge on any atom is -0.329 e. The molecule has 17 heavy (non-hydrogen) atoms. The van der Waals surface area contributed by atoms with Gasteiger partial charge in [0.15, 0.2) is 0 Å². The van der Waals surface area contributed by atoms with Crippen LogP contribution in [0.4, 0.5) is 0 Å². The molecule has 1 unspecified atom stereocenters. The Morgan fingerprint density at radius 1 is 1.47 bits per heavy atom. The molecule has 0 saturated carbocycles. The number of benzene rings is 1. The minimum absolute atomic E-state index is 0.211. The number of nitrogens with zero attached hydrogens (tertiary/aromatic N) is 1. The lowest BCUT2D eigenvalue weighted by atomic mass is 9.89. The molecule has 1 aliphatic rings. The van der Waals surface area contributed by atoms with Crippen LogP contribution in [-0.4, -0.2) is 30.6 Å². The summed E-state index contributed by atoms with van der Waals surface area (Å²) in [6.45, 7) is 1.93. The first-order valence-corrected chi connectivity index (χ1v) is 6.70. The van der Waals surface area contributed by atoms with Crippen molar-refractivity contribution in [3.63, 3.8) is 0 Å². The van der Waals surface area contributed by atoms with Crippen molar-refractivity contribution in [2.24, 2.45) is 5.73 Å². The zero-order valence-corrected chi connectivity index (χ0v) is 11.2. The molecule has 2 N–H and O–H groups in total. The molecule has 0 radical (unpaired) electrons. The Labute approximate surface area is 109 Å². The molecule has 0 aliphatic carbocycles. The summed E-state index contributed by atoms with van der Waals surface area (Å²) in [4.78, 5) is 2.43. The van der Waals surface area contributed by atoms with E-state index in [0.29, 0.717) is 0 Å².